The number of nitrogens with one attached hydrogen (secondary N) is 1. The summed E-state index contributed by atoms with van der Waals surface area (Å²) in [6.45, 7) is 0.975. The molecule has 2 aromatic heterocycles. The maximum Gasteiger partial charge on any atom is 0.263 e. The minimum Gasteiger partial charge on any atom is -0.348 e. The zero-order valence-corrected chi connectivity index (χ0v) is 16.6. The highest BCUT2D eigenvalue weighted by Gasteiger charge is 2.26. The van der Waals surface area contributed by atoms with Crippen molar-refractivity contribution in [2.75, 3.05) is 13.1 Å². The molecule has 0 saturated carbocycles. The fraction of sp³-hybridized carbons (Fsp3) is 0.250. The largest absolute Gasteiger partial charge is 0.348 e. The summed E-state index contributed by atoms with van der Waals surface area (Å²) < 4.78 is 13.8. The Morgan fingerprint density at radius 1 is 1.14 bits per heavy atom. The van der Waals surface area contributed by atoms with Crippen LogP contribution in [0.4, 0.5) is 4.39 Å². The molecule has 1 aliphatic heterocycles. The predicted octanol–water partition coefficient (Wildman–Crippen LogP) is 4.05. The molecule has 144 valence electrons. The monoisotopic (exact) mass is 415 g/mol. The molecule has 0 radical (unpaired) electrons. The van der Waals surface area contributed by atoms with Crippen LogP contribution in [-0.2, 0) is 0 Å². The summed E-state index contributed by atoms with van der Waals surface area (Å²) in [5.74, 6) is -0.945. The van der Waals surface area contributed by atoms with E-state index in [0.29, 0.717) is 30.8 Å². The third-order valence-corrected chi connectivity index (χ3v) is 6.72. The van der Waals surface area contributed by atoms with Crippen LogP contribution in [-0.4, -0.2) is 40.8 Å². The van der Waals surface area contributed by atoms with Crippen LogP contribution in [0, 0.1) is 5.82 Å². The van der Waals surface area contributed by atoms with Gasteiger partial charge in [0.15, 0.2) is 0 Å². The van der Waals surface area contributed by atoms with Gasteiger partial charge in [0.25, 0.3) is 11.8 Å². The number of hydrogen-bond acceptors (Lipinski definition) is 5. The van der Waals surface area contributed by atoms with E-state index in [-0.39, 0.29) is 23.4 Å². The van der Waals surface area contributed by atoms with Gasteiger partial charge in [0.1, 0.15) is 15.7 Å². The molecular formula is C20H18FN3O2S2. The van der Waals surface area contributed by atoms with E-state index in [0.717, 1.165) is 9.88 Å². The van der Waals surface area contributed by atoms with Crippen LogP contribution in [0.2, 0.25) is 0 Å². The van der Waals surface area contributed by atoms with Crippen LogP contribution < -0.4 is 5.32 Å². The first-order chi connectivity index (χ1) is 13.6. The van der Waals surface area contributed by atoms with Crippen LogP contribution >= 0.6 is 22.7 Å². The fourth-order valence-electron chi connectivity index (χ4n) is 3.18. The highest BCUT2D eigenvalue weighted by molar-refractivity contribution is 7.21. The lowest BCUT2D eigenvalue weighted by Gasteiger charge is -2.32. The molecule has 1 N–H and O–H groups in total. The minimum absolute atomic E-state index is 0.00976. The number of amides is 2. The maximum absolute atomic E-state index is 13.8. The second-order valence-corrected chi connectivity index (χ2v) is 8.51. The summed E-state index contributed by atoms with van der Waals surface area (Å²) in [7, 11) is 0. The molecule has 1 saturated heterocycles. The topological polar surface area (TPSA) is 62.3 Å². The first-order valence-corrected chi connectivity index (χ1v) is 10.7. The first-order valence-electron chi connectivity index (χ1n) is 8.96. The molecule has 5 nitrogen and oxygen atoms in total. The molecule has 8 heteroatoms. The molecule has 1 fully saturated rings. The van der Waals surface area contributed by atoms with Crippen molar-refractivity contribution in [3.63, 3.8) is 0 Å². The molecule has 4 rings (SSSR count). The van der Waals surface area contributed by atoms with Gasteiger partial charge in [-0.3, -0.25) is 9.59 Å². The predicted molar refractivity (Wildman–Crippen MR) is 108 cm³/mol. The molecule has 28 heavy (non-hydrogen) atoms. The van der Waals surface area contributed by atoms with Gasteiger partial charge in [0, 0.05) is 19.1 Å². The number of rotatable bonds is 4. The quantitative estimate of drug-likeness (QED) is 0.699. The molecule has 0 aliphatic carbocycles. The summed E-state index contributed by atoms with van der Waals surface area (Å²) in [4.78, 5) is 32.6. The van der Waals surface area contributed by atoms with E-state index in [2.05, 4.69) is 10.3 Å². The van der Waals surface area contributed by atoms with Crippen LogP contribution in [0.1, 0.15) is 32.9 Å². The normalized spacial score (nSPS) is 14.8. The van der Waals surface area contributed by atoms with Gasteiger partial charge in [-0.05, 0) is 36.4 Å². The summed E-state index contributed by atoms with van der Waals surface area (Å²) in [5.41, 5.74) is 0.0933. The van der Waals surface area contributed by atoms with E-state index in [1.807, 2.05) is 17.5 Å². The zero-order valence-electron chi connectivity index (χ0n) is 14.9. The third kappa shape index (κ3) is 3.98. The van der Waals surface area contributed by atoms with E-state index in [1.54, 1.807) is 34.6 Å². The number of aromatic nitrogens is 1. The molecule has 0 unspecified atom stereocenters. The average Bonchev–Trinajstić information content (AvgIpc) is 3.40. The lowest BCUT2D eigenvalue weighted by molar-refractivity contribution is 0.0694. The Morgan fingerprint density at radius 2 is 1.93 bits per heavy atom. The molecule has 1 aromatic carbocycles. The van der Waals surface area contributed by atoms with Gasteiger partial charge >= 0.3 is 0 Å². The summed E-state index contributed by atoms with van der Waals surface area (Å²) in [6, 6.07) is 9.94. The number of likely N-dealkylation sites (tertiary alicyclic amines) is 1. The number of piperidine rings is 1. The molecule has 3 aromatic rings. The van der Waals surface area contributed by atoms with Crippen molar-refractivity contribution in [2.45, 2.75) is 18.9 Å². The second-order valence-electron chi connectivity index (χ2n) is 6.53. The number of carbonyl (C=O) groups is 2. The number of thiazole rings is 1. The zero-order chi connectivity index (χ0) is 19.5. The molecular weight excluding hydrogens is 397 g/mol. The Bertz CT molecular complexity index is 979. The SMILES string of the molecule is O=C(NC1CCN(C(=O)c2ccccc2F)CC1)c1cnc(-c2cccs2)s1. The van der Waals surface area contributed by atoms with Crippen LogP contribution in [0.5, 0.6) is 0 Å². The van der Waals surface area contributed by atoms with Gasteiger partial charge in [0.2, 0.25) is 0 Å². The molecule has 0 atom stereocenters. The second kappa shape index (κ2) is 8.20. The van der Waals surface area contributed by atoms with Crippen molar-refractivity contribution in [2.24, 2.45) is 0 Å². The van der Waals surface area contributed by atoms with Gasteiger partial charge in [-0.15, -0.1) is 22.7 Å². The number of nitrogens with zero attached hydrogens (tertiary/aromatic N) is 2. The maximum atomic E-state index is 13.8. The number of hydrogen-bond donors (Lipinski definition) is 1. The molecule has 0 bridgehead atoms. The minimum atomic E-state index is -0.505. The number of thiophene rings is 1. The van der Waals surface area contributed by atoms with Crippen LogP contribution in [0.25, 0.3) is 9.88 Å². The van der Waals surface area contributed by atoms with Crippen LogP contribution in [0.15, 0.2) is 48.0 Å². The van der Waals surface area contributed by atoms with Crippen molar-refractivity contribution in [3.05, 3.63) is 64.2 Å². The van der Waals surface area contributed by atoms with Crippen molar-refractivity contribution in [1.82, 2.24) is 15.2 Å². The Morgan fingerprint density at radius 3 is 2.64 bits per heavy atom. The van der Waals surface area contributed by atoms with Crippen molar-refractivity contribution < 1.29 is 14.0 Å². The first kappa shape index (κ1) is 18.8. The van der Waals surface area contributed by atoms with Gasteiger partial charge < -0.3 is 10.2 Å². The highest BCUT2D eigenvalue weighted by Crippen LogP contribution is 2.29. The molecule has 2 amide bonds. The fourth-order valence-corrected chi connectivity index (χ4v) is 4.80. The summed E-state index contributed by atoms with van der Waals surface area (Å²) in [6.07, 6.45) is 2.89. The molecule has 1 aliphatic rings. The van der Waals surface area contributed by atoms with E-state index < -0.39 is 5.82 Å². The van der Waals surface area contributed by atoms with Crippen molar-refractivity contribution >= 4 is 34.5 Å². The smallest absolute Gasteiger partial charge is 0.263 e. The lowest BCUT2D eigenvalue weighted by atomic mass is 10.0. The van der Waals surface area contributed by atoms with E-state index in [9.17, 15) is 14.0 Å². The van der Waals surface area contributed by atoms with E-state index in [4.69, 9.17) is 0 Å². The molecule has 3 heterocycles. The van der Waals surface area contributed by atoms with Crippen molar-refractivity contribution in [1.29, 1.82) is 0 Å². The van der Waals surface area contributed by atoms with E-state index in [1.165, 1.54) is 23.5 Å². The summed E-state index contributed by atoms with van der Waals surface area (Å²) >= 11 is 2.96. The number of benzene rings is 1. The third-order valence-electron chi connectivity index (χ3n) is 4.68. The standard InChI is InChI=1S/C20H18FN3O2S2/c21-15-5-2-1-4-14(15)20(26)24-9-7-13(8-10-24)23-18(25)17-12-22-19(28-17)16-6-3-11-27-16/h1-6,11-13H,7-10H2,(H,23,25). The van der Waals surface area contributed by atoms with Crippen molar-refractivity contribution in [3.8, 4) is 9.88 Å². The van der Waals surface area contributed by atoms with Gasteiger partial charge in [0.05, 0.1) is 16.6 Å². The Hall–Kier alpha value is -2.58. The van der Waals surface area contributed by atoms with Gasteiger partial charge in [-0.1, -0.05) is 18.2 Å². The van der Waals surface area contributed by atoms with E-state index >= 15 is 0 Å². The Labute approximate surface area is 169 Å². The van der Waals surface area contributed by atoms with Gasteiger partial charge in [-0.25, -0.2) is 9.37 Å². The Kier molecular flexibility index (Phi) is 5.50. The number of halogens is 1. The number of carbonyl (C=O) groups excluding carboxylic acids is 2. The summed E-state index contributed by atoms with van der Waals surface area (Å²) in [5, 5.41) is 5.84. The van der Waals surface area contributed by atoms with Crippen LogP contribution in [0.3, 0.4) is 0 Å². The average molecular weight is 416 g/mol. The lowest BCUT2D eigenvalue weighted by Crippen LogP contribution is -2.46. The van der Waals surface area contributed by atoms with Gasteiger partial charge in [-0.2, -0.15) is 0 Å². The molecule has 0 spiro atoms. The Balaban J connectivity index is 1.32. The highest BCUT2D eigenvalue weighted by atomic mass is 32.1.